The molecule has 9 heteroatoms. The smallest absolute Gasteiger partial charge is 0.349 e. The average Bonchev–Trinajstić information content (AvgIpc) is 3.04. The van der Waals surface area contributed by atoms with Gasteiger partial charge in [0.2, 0.25) is 5.91 Å². The van der Waals surface area contributed by atoms with Crippen LogP contribution in [0.5, 0.6) is 5.75 Å². The Morgan fingerprint density at radius 3 is 2.50 bits per heavy atom. The van der Waals surface area contributed by atoms with Crippen LogP contribution in [-0.4, -0.2) is 40.7 Å². The summed E-state index contributed by atoms with van der Waals surface area (Å²) < 4.78 is 5.14. The summed E-state index contributed by atoms with van der Waals surface area (Å²) in [5, 5.41) is 18.4. The van der Waals surface area contributed by atoms with Crippen molar-refractivity contribution >= 4 is 46.5 Å². The number of aromatic carboxylic acids is 1. The van der Waals surface area contributed by atoms with Crippen molar-refractivity contribution in [1.82, 2.24) is 0 Å². The van der Waals surface area contributed by atoms with Gasteiger partial charge in [0.15, 0.2) is 17.2 Å². The second-order valence-electron chi connectivity index (χ2n) is 7.12. The van der Waals surface area contributed by atoms with Gasteiger partial charge in [-0.05, 0) is 30.5 Å². The maximum absolute atomic E-state index is 12.4. The van der Waals surface area contributed by atoms with E-state index in [0.717, 1.165) is 42.7 Å². The monoisotopic (exact) mass is 451 g/mol. The third-order valence-corrected chi connectivity index (χ3v) is 6.69. The van der Waals surface area contributed by atoms with E-state index in [2.05, 4.69) is 0 Å². The predicted octanol–water partition coefficient (Wildman–Crippen LogP) is 4.92. The molecule has 2 N–H and O–H groups in total. The van der Waals surface area contributed by atoms with Gasteiger partial charge in [0.05, 0.1) is 4.88 Å². The second-order valence-corrected chi connectivity index (χ2v) is 8.52. The van der Waals surface area contributed by atoms with Crippen molar-refractivity contribution < 1.29 is 29.3 Å². The van der Waals surface area contributed by atoms with E-state index < -0.39 is 18.5 Å². The van der Waals surface area contributed by atoms with E-state index in [-0.39, 0.29) is 27.6 Å². The molecule has 1 amide bonds. The first-order valence-corrected chi connectivity index (χ1v) is 10.8. The molecule has 3 rings (SSSR count). The quantitative estimate of drug-likeness (QED) is 0.619. The highest BCUT2D eigenvalue weighted by atomic mass is 35.5. The number of anilines is 1. The Balaban J connectivity index is 2.00. The van der Waals surface area contributed by atoms with Crippen LogP contribution in [0, 0.1) is 0 Å². The molecule has 0 unspecified atom stereocenters. The molecule has 7 nitrogen and oxygen atoms in total. The van der Waals surface area contributed by atoms with Crippen LogP contribution in [0.3, 0.4) is 0 Å². The van der Waals surface area contributed by atoms with Crippen LogP contribution < -0.4 is 9.64 Å². The van der Waals surface area contributed by atoms with Crippen molar-refractivity contribution in [2.45, 2.75) is 45.1 Å². The molecule has 0 spiro atoms. The number of aliphatic carboxylic acids is 1. The van der Waals surface area contributed by atoms with Crippen LogP contribution in [-0.2, 0) is 9.59 Å². The number of amides is 1. The Labute approximate surface area is 182 Å². The number of rotatable bonds is 7. The van der Waals surface area contributed by atoms with Gasteiger partial charge >= 0.3 is 11.9 Å². The molecular weight excluding hydrogens is 430 g/mol. The lowest BCUT2D eigenvalue weighted by atomic mass is 9.93. The van der Waals surface area contributed by atoms with E-state index in [1.807, 2.05) is 6.07 Å². The molecule has 1 aliphatic carbocycles. The van der Waals surface area contributed by atoms with Crippen molar-refractivity contribution in [3.8, 4) is 16.2 Å². The van der Waals surface area contributed by atoms with Gasteiger partial charge in [-0.15, -0.1) is 11.3 Å². The minimum atomic E-state index is -1.25. The summed E-state index contributed by atoms with van der Waals surface area (Å²) in [6.07, 6.45) is 5.22. The van der Waals surface area contributed by atoms with Gasteiger partial charge < -0.3 is 19.8 Å². The van der Waals surface area contributed by atoms with E-state index >= 15 is 0 Å². The molecule has 0 atom stereocenters. The molecule has 30 heavy (non-hydrogen) atoms. The minimum Gasteiger partial charge on any atom is -0.479 e. The molecule has 0 radical (unpaired) electrons. The number of carbonyl (C=O) groups excluding carboxylic acids is 1. The first-order chi connectivity index (χ1) is 14.3. The molecule has 1 heterocycles. The lowest BCUT2D eigenvalue weighted by Crippen LogP contribution is -2.40. The molecule has 2 aromatic rings. The topological polar surface area (TPSA) is 104 Å². The summed E-state index contributed by atoms with van der Waals surface area (Å²) in [6, 6.07) is 7.35. The fraction of sp³-hybridized carbons (Fsp3) is 0.381. The molecule has 1 aromatic carbocycles. The molecule has 1 aromatic heterocycles. The fourth-order valence-electron chi connectivity index (χ4n) is 3.77. The number of ether oxygens (including phenoxy) is 1. The lowest BCUT2D eigenvalue weighted by molar-refractivity contribution is -0.139. The lowest BCUT2D eigenvalue weighted by Gasteiger charge is -2.34. The Kier molecular flexibility index (Phi) is 6.99. The SMILES string of the molecule is CC(=O)N(c1cccc(-c2sc(C(=O)O)c(OCC(=O)O)c2Cl)c1)C1CCCCC1. The van der Waals surface area contributed by atoms with Crippen molar-refractivity contribution in [3.05, 3.63) is 34.2 Å². The third kappa shape index (κ3) is 4.76. The Hall–Kier alpha value is -2.58. The van der Waals surface area contributed by atoms with E-state index in [9.17, 15) is 19.5 Å². The normalized spacial score (nSPS) is 14.3. The summed E-state index contributed by atoms with van der Waals surface area (Å²) in [6.45, 7) is 0.843. The van der Waals surface area contributed by atoms with Gasteiger partial charge in [0.25, 0.3) is 0 Å². The highest BCUT2D eigenvalue weighted by molar-refractivity contribution is 7.18. The molecule has 0 aliphatic heterocycles. The average molecular weight is 452 g/mol. The van der Waals surface area contributed by atoms with E-state index in [4.69, 9.17) is 21.4 Å². The standard InChI is InChI=1S/C21H22ClNO6S/c1-12(24)23(14-7-3-2-4-8-14)15-9-5-6-13(10-15)19-17(22)18(29-11-16(25)26)20(30-19)21(27)28/h5-6,9-10,14H,2-4,7-8,11H2,1H3,(H,25,26)(H,27,28). The number of hydrogen-bond donors (Lipinski definition) is 2. The maximum atomic E-state index is 12.4. The zero-order chi connectivity index (χ0) is 21.8. The fourth-order valence-corrected chi connectivity index (χ4v) is 5.17. The molecule has 1 aliphatic rings. The van der Waals surface area contributed by atoms with Crippen LogP contribution in [0.1, 0.15) is 48.7 Å². The first-order valence-electron chi connectivity index (χ1n) is 9.60. The van der Waals surface area contributed by atoms with Crippen molar-refractivity contribution in [2.24, 2.45) is 0 Å². The van der Waals surface area contributed by atoms with Gasteiger partial charge in [-0.2, -0.15) is 0 Å². The highest BCUT2D eigenvalue weighted by Crippen LogP contribution is 2.46. The summed E-state index contributed by atoms with van der Waals surface area (Å²) in [7, 11) is 0. The van der Waals surface area contributed by atoms with E-state index in [0.29, 0.717) is 10.4 Å². The molecule has 1 fully saturated rings. The first kappa shape index (κ1) is 22.1. The van der Waals surface area contributed by atoms with Gasteiger partial charge in [-0.3, -0.25) is 4.79 Å². The summed E-state index contributed by atoms with van der Waals surface area (Å²) in [5.74, 6) is -2.69. The summed E-state index contributed by atoms with van der Waals surface area (Å²) in [4.78, 5) is 36.9. The van der Waals surface area contributed by atoms with Crippen LogP contribution in [0.25, 0.3) is 10.4 Å². The number of benzene rings is 1. The molecular formula is C21H22ClNO6S. The number of halogens is 1. The minimum absolute atomic E-state index is 0.0443. The molecule has 1 saturated carbocycles. The maximum Gasteiger partial charge on any atom is 0.349 e. The van der Waals surface area contributed by atoms with Crippen LogP contribution in [0.4, 0.5) is 5.69 Å². The Morgan fingerprint density at radius 2 is 1.90 bits per heavy atom. The number of carboxylic acid groups (broad SMARTS) is 2. The zero-order valence-corrected chi connectivity index (χ0v) is 18.0. The number of carbonyl (C=O) groups is 3. The van der Waals surface area contributed by atoms with Gasteiger partial charge in [0.1, 0.15) is 5.02 Å². The van der Waals surface area contributed by atoms with Crippen molar-refractivity contribution in [2.75, 3.05) is 11.5 Å². The van der Waals surface area contributed by atoms with Gasteiger partial charge in [-0.25, -0.2) is 9.59 Å². The highest BCUT2D eigenvalue weighted by Gasteiger charge is 2.27. The van der Waals surface area contributed by atoms with Crippen LogP contribution >= 0.6 is 22.9 Å². The van der Waals surface area contributed by atoms with Crippen molar-refractivity contribution in [1.29, 1.82) is 0 Å². The molecule has 0 bridgehead atoms. The van der Waals surface area contributed by atoms with E-state index in [1.165, 1.54) is 6.42 Å². The van der Waals surface area contributed by atoms with Crippen LogP contribution in [0.15, 0.2) is 24.3 Å². The Bertz CT molecular complexity index is 966. The number of carboxylic acids is 2. The number of hydrogen-bond acceptors (Lipinski definition) is 5. The van der Waals surface area contributed by atoms with Crippen LogP contribution in [0.2, 0.25) is 5.02 Å². The van der Waals surface area contributed by atoms with Gasteiger partial charge in [0, 0.05) is 18.7 Å². The van der Waals surface area contributed by atoms with E-state index in [1.54, 1.807) is 30.0 Å². The zero-order valence-electron chi connectivity index (χ0n) is 16.4. The number of nitrogens with zero attached hydrogens (tertiary/aromatic N) is 1. The molecule has 0 saturated heterocycles. The summed E-state index contributed by atoms with van der Waals surface area (Å²) in [5.41, 5.74) is 1.36. The second kappa shape index (κ2) is 9.49. The van der Waals surface area contributed by atoms with Gasteiger partial charge in [-0.1, -0.05) is 43.0 Å². The third-order valence-electron chi connectivity index (χ3n) is 5.01. The number of thiophene rings is 1. The largest absolute Gasteiger partial charge is 0.479 e. The predicted molar refractivity (Wildman–Crippen MR) is 115 cm³/mol. The Morgan fingerprint density at radius 1 is 1.20 bits per heavy atom. The van der Waals surface area contributed by atoms with Crippen molar-refractivity contribution in [3.63, 3.8) is 0 Å². The molecule has 160 valence electrons. The summed E-state index contributed by atoms with van der Waals surface area (Å²) >= 11 is 7.29.